The van der Waals surface area contributed by atoms with Gasteiger partial charge in [-0.1, -0.05) is 24.3 Å². The Morgan fingerprint density at radius 1 is 0.690 bits per heavy atom. The lowest BCUT2D eigenvalue weighted by Gasteiger charge is -2.05. The molecule has 5 aromatic rings. The molecule has 0 amide bonds. The molecule has 3 aromatic carbocycles. The Bertz CT molecular complexity index is 1340. The molecule has 0 unspecified atom stereocenters. The number of halogens is 1. The number of nitrogens with one attached hydrogen (secondary N) is 1. The molecule has 0 atom stereocenters. The molecule has 2 heterocycles. The second-order valence-corrected chi connectivity index (χ2v) is 8.31. The predicted molar refractivity (Wildman–Crippen MR) is 112 cm³/mol. The Morgan fingerprint density at radius 2 is 1.34 bits per heavy atom. The average molecular weight is 404 g/mol. The van der Waals surface area contributed by atoms with Crippen LogP contribution in [-0.4, -0.2) is 18.4 Å². The van der Waals surface area contributed by atoms with Crippen LogP contribution in [0.2, 0.25) is 0 Å². The van der Waals surface area contributed by atoms with E-state index in [-0.39, 0.29) is 9.79 Å². The molecule has 2 aromatic heterocycles. The molecule has 0 radical (unpaired) electrons. The zero-order valence-electron chi connectivity index (χ0n) is 15.3. The van der Waals surface area contributed by atoms with Gasteiger partial charge in [0.15, 0.2) is 0 Å². The minimum Gasteiger partial charge on any atom is -0.355 e. The van der Waals surface area contributed by atoms with Crippen LogP contribution in [-0.2, 0) is 9.84 Å². The van der Waals surface area contributed by atoms with Crippen molar-refractivity contribution in [3.05, 3.63) is 103 Å². The minimum absolute atomic E-state index is 0.0816. The molecule has 0 spiro atoms. The van der Waals surface area contributed by atoms with Crippen LogP contribution in [0.25, 0.3) is 21.8 Å². The van der Waals surface area contributed by atoms with Gasteiger partial charge in [-0.3, -0.25) is 4.98 Å². The third kappa shape index (κ3) is 3.88. The first kappa shape index (κ1) is 18.8. The van der Waals surface area contributed by atoms with Gasteiger partial charge < -0.3 is 4.98 Å². The topological polar surface area (TPSA) is 62.8 Å². The van der Waals surface area contributed by atoms with Crippen LogP contribution in [0.3, 0.4) is 0 Å². The summed E-state index contributed by atoms with van der Waals surface area (Å²) in [5.74, 6) is -0.462. The van der Waals surface area contributed by atoms with Crippen molar-refractivity contribution in [2.75, 3.05) is 0 Å². The third-order valence-corrected chi connectivity index (χ3v) is 6.25. The molecule has 0 saturated heterocycles. The number of benzene rings is 3. The lowest BCUT2D eigenvalue weighted by molar-refractivity contribution is 0.595. The summed E-state index contributed by atoms with van der Waals surface area (Å²) < 4.78 is 38.4. The van der Waals surface area contributed by atoms with Crippen molar-refractivity contribution >= 4 is 31.6 Å². The van der Waals surface area contributed by atoms with E-state index in [4.69, 9.17) is 0 Å². The van der Waals surface area contributed by atoms with Gasteiger partial charge in [-0.2, -0.15) is 0 Å². The third-order valence-electron chi connectivity index (χ3n) is 4.48. The number of sulfone groups is 1. The van der Waals surface area contributed by atoms with Gasteiger partial charge in [-0.15, -0.1) is 0 Å². The van der Waals surface area contributed by atoms with Crippen molar-refractivity contribution in [1.82, 2.24) is 9.97 Å². The molecule has 0 aliphatic carbocycles. The molecule has 5 rings (SSSR count). The zero-order valence-corrected chi connectivity index (χ0v) is 16.1. The van der Waals surface area contributed by atoms with Crippen molar-refractivity contribution < 1.29 is 12.8 Å². The smallest absolute Gasteiger partial charge is 0.206 e. The van der Waals surface area contributed by atoms with E-state index < -0.39 is 15.7 Å². The van der Waals surface area contributed by atoms with Crippen molar-refractivity contribution in [3.63, 3.8) is 0 Å². The van der Waals surface area contributed by atoms with Gasteiger partial charge in [0, 0.05) is 34.2 Å². The van der Waals surface area contributed by atoms with Gasteiger partial charge in [-0.05, 0) is 60.7 Å². The monoisotopic (exact) mass is 404 g/mol. The van der Waals surface area contributed by atoms with E-state index >= 15 is 0 Å². The number of nitrogens with zero attached hydrogens (tertiary/aromatic N) is 1. The summed E-state index contributed by atoms with van der Waals surface area (Å²) in [6.45, 7) is 0. The molecule has 0 aliphatic heterocycles. The fraction of sp³-hybridized carbons (Fsp3) is 0. The highest BCUT2D eigenvalue weighted by Crippen LogP contribution is 2.29. The Kier molecular flexibility index (Phi) is 5.10. The molecule has 0 fully saturated rings. The maximum absolute atomic E-state index is 13.0. The maximum atomic E-state index is 13.0. The highest BCUT2D eigenvalue weighted by atomic mass is 32.2. The number of hydrogen-bond acceptors (Lipinski definition) is 3. The molecular weight excluding hydrogens is 387 g/mol. The Labute approximate surface area is 167 Å². The van der Waals surface area contributed by atoms with E-state index in [1.54, 1.807) is 30.6 Å². The first-order valence-electron chi connectivity index (χ1n) is 8.92. The molecular formula is C23H17FN2O2S. The largest absolute Gasteiger partial charge is 0.355 e. The molecule has 6 heteroatoms. The van der Waals surface area contributed by atoms with Crippen molar-refractivity contribution in [2.24, 2.45) is 0 Å². The van der Waals surface area contributed by atoms with Crippen molar-refractivity contribution in [3.8, 4) is 0 Å². The van der Waals surface area contributed by atoms with E-state index in [1.807, 2.05) is 42.5 Å². The van der Waals surface area contributed by atoms with Gasteiger partial charge in [0.1, 0.15) is 5.82 Å². The highest BCUT2D eigenvalue weighted by molar-refractivity contribution is 7.91. The van der Waals surface area contributed by atoms with Crippen LogP contribution >= 0.6 is 0 Å². The first-order valence-corrected chi connectivity index (χ1v) is 10.4. The van der Waals surface area contributed by atoms with E-state index in [9.17, 15) is 12.8 Å². The van der Waals surface area contributed by atoms with Crippen molar-refractivity contribution in [2.45, 2.75) is 9.79 Å². The Hall–Kier alpha value is -3.51. The van der Waals surface area contributed by atoms with E-state index in [2.05, 4.69) is 9.97 Å². The second-order valence-electron chi connectivity index (χ2n) is 6.36. The summed E-state index contributed by atoms with van der Waals surface area (Å²) in [7, 11) is -3.67. The summed E-state index contributed by atoms with van der Waals surface area (Å²) in [6, 6.07) is 23.3. The molecule has 0 aliphatic rings. The Morgan fingerprint density at radius 3 is 2.00 bits per heavy atom. The van der Waals surface area contributed by atoms with Crippen LogP contribution in [0.15, 0.2) is 107 Å². The van der Waals surface area contributed by atoms with Crippen LogP contribution in [0.5, 0.6) is 0 Å². The number of rotatable bonds is 2. The number of hydrogen-bond donors (Lipinski definition) is 1. The lowest BCUT2D eigenvalue weighted by Crippen LogP contribution is -2.01. The fourth-order valence-electron chi connectivity index (χ4n) is 3.06. The second kappa shape index (κ2) is 7.85. The predicted octanol–water partition coefficient (Wildman–Crippen LogP) is 5.37. The molecule has 144 valence electrons. The van der Waals surface area contributed by atoms with Gasteiger partial charge in [-0.25, -0.2) is 12.8 Å². The SMILES string of the molecule is O=S(=O)(c1ccc(F)cc1)c1ccc2[nH]c3ccccc3c2c1.c1ccncc1. The Balaban J connectivity index is 0.000000294. The van der Waals surface area contributed by atoms with Crippen LogP contribution in [0.4, 0.5) is 4.39 Å². The summed E-state index contributed by atoms with van der Waals surface area (Å²) in [6.07, 6.45) is 3.50. The maximum Gasteiger partial charge on any atom is 0.206 e. The summed E-state index contributed by atoms with van der Waals surface area (Å²) in [4.78, 5) is 7.32. The lowest BCUT2D eigenvalue weighted by atomic mass is 10.1. The number of H-pyrrole nitrogens is 1. The van der Waals surface area contributed by atoms with Gasteiger partial charge in [0.25, 0.3) is 0 Å². The molecule has 1 N–H and O–H groups in total. The number of fused-ring (bicyclic) bond motifs is 3. The van der Waals surface area contributed by atoms with Gasteiger partial charge in [0.05, 0.1) is 9.79 Å². The summed E-state index contributed by atoms with van der Waals surface area (Å²) in [5.41, 5.74) is 1.84. The van der Waals surface area contributed by atoms with E-state index in [0.29, 0.717) is 0 Å². The molecule has 29 heavy (non-hydrogen) atoms. The van der Waals surface area contributed by atoms with Crippen LogP contribution < -0.4 is 0 Å². The normalized spacial score (nSPS) is 11.2. The molecule has 0 saturated carbocycles. The van der Waals surface area contributed by atoms with E-state index in [0.717, 1.165) is 33.9 Å². The zero-order chi connectivity index (χ0) is 20.3. The number of aromatic amines is 1. The molecule has 0 bridgehead atoms. The summed E-state index contributed by atoms with van der Waals surface area (Å²) >= 11 is 0. The summed E-state index contributed by atoms with van der Waals surface area (Å²) in [5, 5.41) is 1.82. The van der Waals surface area contributed by atoms with Crippen molar-refractivity contribution in [1.29, 1.82) is 0 Å². The fourth-order valence-corrected chi connectivity index (χ4v) is 4.34. The standard InChI is InChI=1S/C18H12FNO2S.C5H5N/c19-12-5-7-13(8-6-12)23(21,22)14-9-10-18-16(11-14)15-3-1-2-4-17(15)20-18;1-2-4-6-5-3-1/h1-11,20H;1-5H. The van der Waals surface area contributed by atoms with Gasteiger partial charge >= 0.3 is 0 Å². The minimum atomic E-state index is -3.67. The quantitative estimate of drug-likeness (QED) is 0.402. The van der Waals surface area contributed by atoms with Crippen LogP contribution in [0.1, 0.15) is 0 Å². The first-order chi connectivity index (χ1) is 14.1. The van der Waals surface area contributed by atoms with Crippen LogP contribution in [0, 0.1) is 5.82 Å². The number of aromatic nitrogens is 2. The number of para-hydroxylation sites is 1. The highest BCUT2D eigenvalue weighted by Gasteiger charge is 2.18. The number of pyridine rings is 1. The average Bonchev–Trinajstić information content (AvgIpc) is 3.14. The molecule has 4 nitrogen and oxygen atoms in total. The van der Waals surface area contributed by atoms with Gasteiger partial charge in [0.2, 0.25) is 9.84 Å². The van der Waals surface area contributed by atoms with E-state index in [1.165, 1.54) is 12.1 Å².